The van der Waals surface area contributed by atoms with Gasteiger partial charge < -0.3 is 10.4 Å². The maximum atomic E-state index is 12.0. The number of likely N-dealkylation sites (tertiary alicyclic amines) is 1. The van der Waals surface area contributed by atoms with Crippen molar-refractivity contribution in [3.8, 4) is 0 Å². The molecule has 1 aliphatic carbocycles. The fourth-order valence-corrected chi connectivity index (χ4v) is 3.93. The second kappa shape index (κ2) is 8.74. The van der Waals surface area contributed by atoms with Gasteiger partial charge in [0.2, 0.25) is 5.91 Å². The van der Waals surface area contributed by atoms with E-state index in [0.717, 1.165) is 19.4 Å². The van der Waals surface area contributed by atoms with Gasteiger partial charge in [-0.1, -0.05) is 25.7 Å². The number of unbranched alkanes of at least 4 members (excludes halogenated alkanes) is 1. The van der Waals surface area contributed by atoms with Crippen molar-refractivity contribution in [2.24, 2.45) is 0 Å². The third-order valence-corrected chi connectivity index (χ3v) is 5.24. The van der Waals surface area contributed by atoms with Gasteiger partial charge in [0.25, 0.3) is 0 Å². The number of nitrogens with zero attached hydrogens (tertiary/aromatic N) is 1. The molecule has 0 bridgehead atoms. The van der Waals surface area contributed by atoms with Gasteiger partial charge in [0, 0.05) is 25.1 Å². The highest BCUT2D eigenvalue weighted by Gasteiger charge is 2.38. The molecule has 2 aliphatic rings. The molecule has 2 rings (SSSR count). The van der Waals surface area contributed by atoms with E-state index in [9.17, 15) is 4.79 Å². The van der Waals surface area contributed by atoms with Crippen LogP contribution >= 0.6 is 0 Å². The molecule has 4 nitrogen and oxygen atoms in total. The molecule has 0 aromatic heterocycles. The summed E-state index contributed by atoms with van der Waals surface area (Å²) in [6.07, 6.45) is 12.5. The van der Waals surface area contributed by atoms with E-state index in [4.69, 9.17) is 5.11 Å². The number of nitrogens with one attached hydrogen (secondary N) is 1. The summed E-state index contributed by atoms with van der Waals surface area (Å²) in [6, 6.07) is 0. The molecule has 1 amide bonds. The zero-order chi connectivity index (χ0) is 15.0. The van der Waals surface area contributed by atoms with Crippen molar-refractivity contribution in [1.82, 2.24) is 10.2 Å². The van der Waals surface area contributed by atoms with Crippen molar-refractivity contribution in [2.45, 2.75) is 76.2 Å². The first-order valence-electron chi connectivity index (χ1n) is 8.89. The summed E-state index contributed by atoms with van der Waals surface area (Å²) in [7, 11) is 0. The number of rotatable bonds is 7. The molecule has 21 heavy (non-hydrogen) atoms. The largest absolute Gasteiger partial charge is 0.396 e. The van der Waals surface area contributed by atoms with Crippen LogP contribution in [-0.4, -0.2) is 47.7 Å². The molecule has 1 saturated carbocycles. The summed E-state index contributed by atoms with van der Waals surface area (Å²) >= 11 is 0. The van der Waals surface area contributed by atoms with Crippen LogP contribution in [0.3, 0.4) is 0 Å². The Balaban J connectivity index is 1.85. The summed E-state index contributed by atoms with van der Waals surface area (Å²) in [4.78, 5) is 14.6. The van der Waals surface area contributed by atoms with E-state index in [1.165, 1.54) is 64.5 Å². The molecule has 0 spiro atoms. The van der Waals surface area contributed by atoms with Gasteiger partial charge in [0.1, 0.15) is 0 Å². The maximum Gasteiger partial charge on any atom is 0.220 e. The predicted molar refractivity (Wildman–Crippen MR) is 85.2 cm³/mol. The average molecular weight is 296 g/mol. The highest BCUT2D eigenvalue weighted by molar-refractivity contribution is 5.75. The lowest BCUT2D eigenvalue weighted by Gasteiger charge is -2.48. The lowest BCUT2D eigenvalue weighted by atomic mass is 9.79. The SMILES string of the molecule is O=C(CCCCO)NCC1(N2CCCCC2)CCCCC1. The Labute approximate surface area is 129 Å². The molecule has 1 saturated heterocycles. The number of hydrogen-bond acceptors (Lipinski definition) is 3. The molecular weight excluding hydrogens is 264 g/mol. The van der Waals surface area contributed by atoms with Crippen LogP contribution in [0.5, 0.6) is 0 Å². The Morgan fingerprint density at radius 2 is 1.67 bits per heavy atom. The van der Waals surface area contributed by atoms with Crippen molar-refractivity contribution in [1.29, 1.82) is 0 Å². The van der Waals surface area contributed by atoms with Crippen LogP contribution in [0.15, 0.2) is 0 Å². The number of hydrogen-bond donors (Lipinski definition) is 2. The minimum atomic E-state index is 0.158. The van der Waals surface area contributed by atoms with Gasteiger partial charge in [-0.25, -0.2) is 0 Å². The van der Waals surface area contributed by atoms with Crippen molar-refractivity contribution < 1.29 is 9.90 Å². The minimum absolute atomic E-state index is 0.158. The summed E-state index contributed by atoms with van der Waals surface area (Å²) < 4.78 is 0. The number of aliphatic hydroxyl groups excluding tert-OH is 1. The van der Waals surface area contributed by atoms with Gasteiger partial charge in [0.05, 0.1) is 0 Å². The lowest BCUT2D eigenvalue weighted by molar-refractivity contribution is -0.122. The number of aliphatic hydroxyl groups is 1. The fourth-order valence-electron chi connectivity index (χ4n) is 3.93. The van der Waals surface area contributed by atoms with Crippen LogP contribution in [-0.2, 0) is 4.79 Å². The summed E-state index contributed by atoms with van der Waals surface area (Å²) in [5.74, 6) is 0.158. The second-order valence-corrected chi connectivity index (χ2v) is 6.79. The van der Waals surface area contributed by atoms with Crippen molar-refractivity contribution in [2.75, 3.05) is 26.2 Å². The smallest absolute Gasteiger partial charge is 0.220 e. The number of carbonyl (C=O) groups excluding carboxylic acids is 1. The van der Waals surface area contributed by atoms with E-state index in [-0.39, 0.29) is 18.1 Å². The maximum absolute atomic E-state index is 12.0. The molecule has 4 heteroatoms. The molecule has 0 aromatic rings. The molecule has 1 heterocycles. The Bertz CT molecular complexity index is 308. The number of carbonyl (C=O) groups is 1. The highest BCUT2D eigenvalue weighted by atomic mass is 16.3. The van der Waals surface area contributed by atoms with Crippen LogP contribution in [0.1, 0.15) is 70.6 Å². The molecule has 2 fully saturated rings. The van der Waals surface area contributed by atoms with Crippen molar-refractivity contribution >= 4 is 5.91 Å². The molecule has 0 unspecified atom stereocenters. The Kier molecular flexibility index (Phi) is 6.97. The number of piperidine rings is 1. The minimum Gasteiger partial charge on any atom is -0.396 e. The first kappa shape index (κ1) is 16.8. The zero-order valence-corrected chi connectivity index (χ0v) is 13.4. The van der Waals surface area contributed by atoms with Crippen LogP contribution in [0.4, 0.5) is 0 Å². The molecule has 2 N–H and O–H groups in total. The zero-order valence-electron chi connectivity index (χ0n) is 13.4. The van der Waals surface area contributed by atoms with Crippen LogP contribution < -0.4 is 5.32 Å². The van der Waals surface area contributed by atoms with Crippen molar-refractivity contribution in [3.05, 3.63) is 0 Å². The van der Waals surface area contributed by atoms with E-state index >= 15 is 0 Å². The van der Waals surface area contributed by atoms with Crippen LogP contribution in [0.25, 0.3) is 0 Å². The summed E-state index contributed by atoms with van der Waals surface area (Å²) in [6.45, 7) is 3.43. The Hall–Kier alpha value is -0.610. The van der Waals surface area contributed by atoms with Gasteiger partial charge >= 0.3 is 0 Å². The Morgan fingerprint density at radius 3 is 2.33 bits per heavy atom. The first-order valence-corrected chi connectivity index (χ1v) is 8.89. The lowest BCUT2D eigenvalue weighted by Crippen LogP contribution is -2.58. The van der Waals surface area contributed by atoms with E-state index < -0.39 is 0 Å². The quantitative estimate of drug-likeness (QED) is 0.710. The van der Waals surface area contributed by atoms with E-state index in [2.05, 4.69) is 10.2 Å². The monoisotopic (exact) mass is 296 g/mol. The molecule has 122 valence electrons. The fraction of sp³-hybridized carbons (Fsp3) is 0.941. The molecule has 0 radical (unpaired) electrons. The van der Waals surface area contributed by atoms with E-state index in [1.54, 1.807) is 0 Å². The molecule has 0 aromatic carbocycles. The Morgan fingerprint density at radius 1 is 1.00 bits per heavy atom. The molecule has 1 aliphatic heterocycles. The average Bonchev–Trinajstić information content (AvgIpc) is 2.55. The second-order valence-electron chi connectivity index (χ2n) is 6.79. The normalized spacial score (nSPS) is 22.9. The summed E-state index contributed by atoms with van der Waals surface area (Å²) in [5.41, 5.74) is 0.227. The topological polar surface area (TPSA) is 52.6 Å². The van der Waals surface area contributed by atoms with E-state index in [1.807, 2.05) is 0 Å². The summed E-state index contributed by atoms with van der Waals surface area (Å²) in [5, 5.41) is 12.0. The highest BCUT2D eigenvalue weighted by Crippen LogP contribution is 2.35. The van der Waals surface area contributed by atoms with Gasteiger partial charge in [-0.15, -0.1) is 0 Å². The molecular formula is C17H32N2O2. The van der Waals surface area contributed by atoms with Gasteiger partial charge in [0.15, 0.2) is 0 Å². The predicted octanol–water partition coefficient (Wildman–Crippen LogP) is 2.45. The third kappa shape index (κ3) is 4.96. The van der Waals surface area contributed by atoms with Gasteiger partial charge in [-0.05, 0) is 51.6 Å². The molecule has 0 atom stereocenters. The van der Waals surface area contributed by atoms with Gasteiger partial charge in [-0.3, -0.25) is 9.69 Å². The first-order chi connectivity index (χ1) is 10.3. The standard InChI is InChI=1S/C17H32N2O2/c20-14-8-3-9-16(21)18-15-17(10-4-1-5-11-17)19-12-6-2-7-13-19/h20H,1-15H2,(H,18,21). The van der Waals surface area contributed by atoms with Crippen LogP contribution in [0, 0.1) is 0 Å². The van der Waals surface area contributed by atoms with E-state index in [0.29, 0.717) is 6.42 Å². The van der Waals surface area contributed by atoms with Gasteiger partial charge in [-0.2, -0.15) is 0 Å². The number of amides is 1. The van der Waals surface area contributed by atoms with Crippen molar-refractivity contribution in [3.63, 3.8) is 0 Å². The van der Waals surface area contributed by atoms with Crippen LogP contribution in [0.2, 0.25) is 0 Å². The third-order valence-electron chi connectivity index (χ3n) is 5.24.